The molecule has 0 fully saturated rings. The highest BCUT2D eigenvalue weighted by atomic mass is 16.1. The minimum Gasteiger partial charge on any atom is -0.287 e. The lowest BCUT2D eigenvalue weighted by atomic mass is 10.1. The topological polar surface area (TPSA) is 90.4 Å². The van der Waals surface area contributed by atoms with Gasteiger partial charge in [-0.15, -0.1) is 0 Å². The van der Waals surface area contributed by atoms with Gasteiger partial charge in [0.1, 0.15) is 17.8 Å². The fourth-order valence-corrected chi connectivity index (χ4v) is 1.62. The summed E-state index contributed by atoms with van der Waals surface area (Å²) in [5, 5.41) is 17.7. The molecular weight excluding hydrogens is 240 g/mol. The molecule has 1 aromatic heterocycles. The minimum absolute atomic E-state index is 0.0652. The molecule has 1 aromatic carbocycles. The van der Waals surface area contributed by atoms with Crippen LogP contribution in [-0.4, -0.2) is 15.8 Å². The average molecular weight is 248 g/mol. The van der Waals surface area contributed by atoms with E-state index in [1.54, 1.807) is 49.4 Å². The van der Waals surface area contributed by atoms with Crippen LogP contribution in [0.5, 0.6) is 0 Å². The summed E-state index contributed by atoms with van der Waals surface area (Å²) >= 11 is 0. The lowest BCUT2D eigenvalue weighted by molar-refractivity contribution is 0.103. The van der Waals surface area contributed by atoms with Crippen molar-refractivity contribution in [3.63, 3.8) is 0 Å². The van der Waals surface area contributed by atoms with Gasteiger partial charge >= 0.3 is 0 Å². The van der Waals surface area contributed by atoms with Crippen molar-refractivity contribution < 1.29 is 4.79 Å². The highest BCUT2D eigenvalue weighted by molar-refractivity contribution is 6.08. The first-order valence-electron chi connectivity index (χ1n) is 5.46. The van der Waals surface area contributed by atoms with Crippen LogP contribution in [0.2, 0.25) is 0 Å². The standard InChI is InChI=1S/C14H8N4O/c1-9-13(14(19)10-5-3-2-4-6-10)18-12(8-16)11(7-15)17-9/h2-6H,1H3. The Hall–Kier alpha value is -3.05. The first-order valence-corrected chi connectivity index (χ1v) is 5.46. The lowest BCUT2D eigenvalue weighted by Crippen LogP contribution is -2.11. The molecule has 0 amide bonds. The van der Waals surface area contributed by atoms with Crippen LogP contribution in [0.1, 0.15) is 33.1 Å². The highest BCUT2D eigenvalue weighted by Crippen LogP contribution is 2.12. The Kier molecular flexibility index (Phi) is 3.31. The lowest BCUT2D eigenvalue weighted by Gasteiger charge is -2.04. The zero-order chi connectivity index (χ0) is 13.8. The highest BCUT2D eigenvalue weighted by Gasteiger charge is 2.17. The van der Waals surface area contributed by atoms with E-state index in [1.807, 2.05) is 0 Å². The van der Waals surface area contributed by atoms with E-state index < -0.39 is 0 Å². The van der Waals surface area contributed by atoms with E-state index in [0.29, 0.717) is 11.3 Å². The molecular formula is C14H8N4O. The van der Waals surface area contributed by atoms with Gasteiger partial charge in [0.05, 0.1) is 5.69 Å². The van der Waals surface area contributed by atoms with Gasteiger partial charge in [-0.25, -0.2) is 9.97 Å². The van der Waals surface area contributed by atoms with E-state index in [1.165, 1.54) is 0 Å². The number of carbonyl (C=O) groups is 1. The minimum atomic E-state index is -0.313. The number of nitriles is 2. The molecule has 2 aromatic rings. The summed E-state index contributed by atoms with van der Waals surface area (Å²) in [6.45, 7) is 1.59. The maximum absolute atomic E-state index is 12.2. The SMILES string of the molecule is Cc1nc(C#N)c(C#N)nc1C(=O)c1ccccc1. The van der Waals surface area contributed by atoms with Gasteiger partial charge in [-0.1, -0.05) is 30.3 Å². The third kappa shape index (κ3) is 2.31. The van der Waals surface area contributed by atoms with Crippen LogP contribution < -0.4 is 0 Å². The van der Waals surface area contributed by atoms with Gasteiger partial charge < -0.3 is 0 Å². The predicted octanol–water partition coefficient (Wildman–Crippen LogP) is 1.76. The molecule has 0 aliphatic rings. The van der Waals surface area contributed by atoms with Crippen molar-refractivity contribution >= 4 is 5.78 Å². The summed E-state index contributed by atoms with van der Waals surface area (Å²) in [4.78, 5) is 20.1. The largest absolute Gasteiger partial charge is 0.287 e. The molecule has 0 aliphatic heterocycles. The van der Waals surface area contributed by atoms with Gasteiger partial charge in [0.25, 0.3) is 0 Å². The van der Waals surface area contributed by atoms with Crippen molar-refractivity contribution in [2.45, 2.75) is 6.92 Å². The molecule has 0 bridgehead atoms. The van der Waals surface area contributed by atoms with Crippen molar-refractivity contribution in [1.82, 2.24) is 9.97 Å². The van der Waals surface area contributed by atoms with Crippen molar-refractivity contribution in [1.29, 1.82) is 10.5 Å². The second-order valence-corrected chi connectivity index (χ2v) is 3.77. The Morgan fingerprint density at radius 3 is 2.21 bits per heavy atom. The molecule has 5 heteroatoms. The first kappa shape index (κ1) is 12.4. The van der Waals surface area contributed by atoms with Gasteiger partial charge in [-0.05, 0) is 6.92 Å². The van der Waals surface area contributed by atoms with Crippen LogP contribution in [0.15, 0.2) is 30.3 Å². The second-order valence-electron chi connectivity index (χ2n) is 3.77. The number of rotatable bonds is 2. The fourth-order valence-electron chi connectivity index (χ4n) is 1.62. The number of hydrogen-bond acceptors (Lipinski definition) is 5. The molecule has 19 heavy (non-hydrogen) atoms. The molecule has 0 spiro atoms. The number of hydrogen-bond donors (Lipinski definition) is 0. The zero-order valence-electron chi connectivity index (χ0n) is 10.1. The van der Waals surface area contributed by atoms with Gasteiger partial charge in [0.15, 0.2) is 11.4 Å². The summed E-state index contributed by atoms with van der Waals surface area (Å²) < 4.78 is 0. The van der Waals surface area contributed by atoms with E-state index in [-0.39, 0.29) is 22.9 Å². The van der Waals surface area contributed by atoms with Crippen LogP contribution in [0.4, 0.5) is 0 Å². The molecule has 90 valence electrons. The number of nitrogens with zero attached hydrogens (tertiary/aromatic N) is 4. The number of carbonyl (C=O) groups excluding carboxylic acids is 1. The molecule has 0 N–H and O–H groups in total. The third-order valence-corrected chi connectivity index (χ3v) is 2.53. The summed E-state index contributed by atoms with van der Waals surface area (Å²) in [7, 11) is 0. The average Bonchev–Trinajstić information content (AvgIpc) is 2.47. The maximum atomic E-state index is 12.2. The summed E-state index contributed by atoms with van der Waals surface area (Å²) in [6, 6.07) is 12.2. The van der Waals surface area contributed by atoms with E-state index in [4.69, 9.17) is 10.5 Å². The van der Waals surface area contributed by atoms with Crippen LogP contribution in [0.25, 0.3) is 0 Å². The molecule has 5 nitrogen and oxygen atoms in total. The van der Waals surface area contributed by atoms with Gasteiger partial charge in [0, 0.05) is 5.56 Å². The Labute approximate surface area is 109 Å². The van der Waals surface area contributed by atoms with Crippen LogP contribution >= 0.6 is 0 Å². The van der Waals surface area contributed by atoms with Crippen LogP contribution in [0, 0.1) is 29.6 Å². The molecule has 0 radical (unpaired) electrons. The Balaban J connectivity index is 2.56. The number of ketones is 1. The monoisotopic (exact) mass is 248 g/mol. The summed E-state index contributed by atoms with van der Waals surface area (Å²) in [5.74, 6) is -0.313. The van der Waals surface area contributed by atoms with E-state index in [9.17, 15) is 4.79 Å². The molecule has 0 unspecified atom stereocenters. The molecule has 2 rings (SSSR count). The quantitative estimate of drug-likeness (QED) is 0.755. The van der Waals surface area contributed by atoms with Crippen LogP contribution in [-0.2, 0) is 0 Å². The molecule has 0 atom stereocenters. The molecule has 0 aliphatic carbocycles. The van der Waals surface area contributed by atoms with Crippen molar-refractivity contribution in [3.05, 3.63) is 58.7 Å². The van der Waals surface area contributed by atoms with Crippen molar-refractivity contribution in [2.75, 3.05) is 0 Å². The van der Waals surface area contributed by atoms with Gasteiger partial charge in [-0.3, -0.25) is 4.79 Å². The third-order valence-electron chi connectivity index (χ3n) is 2.53. The number of aryl methyl sites for hydroxylation is 1. The molecule has 0 saturated carbocycles. The van der Waals surface area contributed by atoms with E-state index >= 15 is 0 Å². The Bertz CT molecular complexity index is 724. The van der Waals surface area contributed by atoms with E-state index in [0.717, 1.165) is 0 Å². The summed E-state index contributed by atoms with van der Waals surface area (Å²) in [6.07, 6.45) is 0. The smallest absolute Gasteiger partial charge is 0.213 e. The Morgan fingerprint density at radius 1 is 1.05 bits per heavy atom. The number of benzene rings is 1. The van der Waals surface area contributed by atoms with Crippen molar-refractivity contribution in [2.24, 2.45) is 0 Å². The van der Waals surface area contributed by atoms with Crippen LogP contribution in [0.3, 0.4) is 0 Å². The van der Waals surface area contributed by atoms with Crippen molar-refractivity contribution in [3.8, 4) is 12.1 Å². The normalized spacial score (nSPS) is 9.42. The predicted molar refractivity (Wildman–Crippen MR) is 66.1 cm³/mol. The first-order chi connectivity index (χ1) is 9.17. The van der Waals surface area contributed by atoms with E-state index in [2.05, 4.69) is 9.97 Å². The molecule has 1 heterocycles. The zero-order valence-corrected chi connectivity index (χ0v) is 10.1. The van der Waals surface area contributed by atoms with Gasteiger partial charge in [0.2, 0.25) is 5.78 Å². The second kappa shape index (κ2) is 5.07. The molecule has 0 saturated heterocycles. The number of aromatic nitrogens is 2. The van der Waals surface area contributed by atoms with Gasteiger partial charge in [-0.2, -0.15) is 10.5 Å². The summed E-state index contributed by atoms with van der Waals surface area (Å²) in [5.41, 5.74) is 0.705. The Morgan fingerprint density at radius 2 is 1.63 bits per heavy atom. The maximum Gasteiger partial charge on any atom is 0.213 e. The fraction of sp³-hybridized carbons (Fsp3) is 0.0714.